The van der Waals surface area contributed by atoms with Crippen molar-refractivity contribution in [1.29, 1.82) is 0 Å². The molecule has 0 N–H and O–H groups in total. The summed E-state index contributed by atoms with van der Waals surface area (Å²) in [5.41, 5.74) is 0. The molecule has 0 aromatic heterocycles. The van der Waals surface area contributed by atoms with Crippen molar-refractivity contribution in [2.75, 3.05) is 0 Å². The minimum absolute atomic E-state index is 0. The van der Waals surface area contributed by atoms with Gasteiger partial charge in [0.1, 0.15) is 0 Å². The molecule has 0 aromatic rings. The summed E-state index contributed by atoms with van der Waals surface area (Å²) in [5.74, 6) is 0. The molecule has 4 heteroatoms. The monoisotopic (exact) mass is 173 g/mol. The molecule has 0 aliphatic rings. The number of hydrogen-bond acceptors (Lipinski definition) is 0. The van der Waals surface area contributed by atoms with Gasteiger partial charge < -0.3 is 2.85 Å². The molecule has 0 rings (SSSR count). The van der Waals surface area contributed by atoms with E-state index in [1.165, 1.54) is 0 Å². The third kappa shape index (κ3) is 8.85. The second-order valence-electron chi connectivity index (χ2n) is 0. The van der Waals surface area contributed by atoms with E-state index in [-0.39, 0.29) is 76.5 Å². The van der Waals surface area contributed by atoms with Crippen LogP contribution in [0.4, 0.5) is 0 Å². The van der Waals surface area contributed by atoms with Gasteiger partial charge in [0.25, 0.3) is 0 Å². The fourth-order valence-corrected chi connectivity index (χ4v) is 0. The van der Waals surface area contributed by atoms with Gasteiger partial charge in [-0.15, -0.1) is 0 Å². The predicted molar refractivity (Wildman–Crippen MR) is 17.9 cm³/mol. The van der Waals surface area contributed by atoms with Crippen LogP contribution in [-0.2, 0) is 33.3 Å². The minimum Gasteiger partial charge on any atom is -1.00 e. The molecule has 0 saturated heterocycles. The van der Waals surface area contributed by atoms with Gasteiger partial charge in [-0.3, -0.25) is 0 Å². The van der Waals surface area contributed by atoms with Crippen molar-refractivity contribution in [2.24, 2.45) is 0 Å². The summed E-state index contributed by atoms with van der Waals surface area (Å²) < 4.78 is 0. The number of hydrogen-bond donors (Lipinski definition) is 0. The van der Waals surface area contributed by atoms with Crippen molar-refractivity contribution in [1.82, 2.24) is 0 Å². The summed E-state index contributed by atoms with van der Waals surface area (Å²) in [5, 5.41) is 0. The van der Waals surface area contributed by atoms with E-state index in [4.69, 9.17) is 0 Å². The van der Waals surface area contributed by atoms with Crippen LogP contribution in [0.25, 0.3) is 0 Å². The SMILES string of the molecule is [AlH3].[Co].[H-].[H-].[Mg+2].[Ni]. The molecule has 0 fully saturated rings. The maximum absolute atomic E-state index is 0. The molecular weight excluding hydrogens is 169 g/mol. The Morgan fingerprint density at radius 3 is 1.25 bits per heavy atom. The van der Waals surface area contributed by atoms with Crippen LogP contribution >= 0.6 is 0 Å². The quantitative estimate of drug-likeness (QED) is 0.398. The van der Waals surface area contributed by atoms with Crippen LogP contribution in [0.15, 0.2) is 0 Å². The van der Waals surface area contributed by atoms with Crippen molar-refractivity contribution in [3.8, 4) is 0 Å². The summed E-state index contributed by atoms with van der Waals surface area (Å²) in [6, 6.07) is 0. The molecule has 0 aromatic carbocycles. The Labute approximate surface area is 75.8 Å². The van der Waals surface area contributed by atoms with Crippen LogP contribution in [0, 0.1) is 0 Å². The van der Waals surface area contributed by atoms with Crippen molar-refractivity contribution < 1.29 is 36.1 Å². The van der Waals surface area contributed by atoms with Crippen molar-refractivity contribution in [2.45, 2.75) is 0 Å². The fourth-order valence-electron chi connectivity index (χ4n) is 0. The van der Waals surface area contributed by atoms with E-state index in [1.54, 1.807) is 0 Å². The average molecular weight is 174 g/mol. The molecule has 0 aliphatic heterocycles. The summed E-state index contributed by atoms with van der Waals surface area (Å²) in [6.07, 6.45) is 0. The molecule has 0 atom stereocenters. The van der Waals surface area contributed by atoms with E-state index < -0.39 is 0 Å². The summed E-state index contributed by atoms with van der Waals surface area (Å²) >= 11 is 0. The van der Waals surface area contributed by atoms with Gasteiger partial charge in [-0.1, -0.05) is 0 Å². The van der Waals surface area contributed by atoms with E-state index in [9.17, 15) is 0 Å². The number of rotatable bonds is 0. The van der Waals surface area contributed by atoms with E-state index >= 15 is 0 Å². The molecule has 0 aliphatic carbocycles. The Hall–Kier alpha value is 2.30. The van der Waals surface area contributed by atoms with Crippen LogP contribution in [0.1, 0.15) is 2.85 Å². The molecule has 0 spiro atoms. The second-order valence-corrected chi connectivity index (χ2v) is 0. The van der Waals surface area contributed by atoms with Crippen LogP contribution in [0.5, 0.6) is 0 Å². The zero-order valence-electron chi connectivity index (χ0n) is 3.36. The third-order valence-corrected chi connectivity index (χ3v) is 0. The van der Waals surface area contributed by atoms with Gasteiger partial charge in [0, 0.05) is 33.3 Å². The average Bonchev–Trinajstić information content (AvgIpc) is 0. The van der Waals surface area contributed by atoms with Gasteiger partial charge in [-0.25, -0.2) is 0 Å². The van der Waals surface area contributed by atoms with Crippen molar-refractivity contribution in [3.63, 3.8) is 0 Å². The van der Waals surface area contributed by atoms with Crippen LogP contribution < -0.4 is 0 Å². The maximum Gasteiger partial charge on any atom is 2.00 e. The van der Waals surface area contributed by atoms with Gasteiger partial charge in [0.15, 0.2) is 17.4 Å². The van der Waals surface area contributed by atoms with Crippen molar-refractivity contribution in [3.05, 3.63) is 0 Å². The Kier molecular flexibility index (Phi) is 155. The molecule has 0 heterocycles. The molecule has 1 radical (unpaired) electrons. The van der Waals surface area contributed by atoms with Crippen molar-refractivity contribution >= 4 is 40.4 Å². The topological polar surface area (TPSA) is 0 Å². The summed E-state index contributed by atoms with van der Waals surface area (Å²) in [4.78, 5) is 0. The first-order chi connectivity index (χ1) is 0. The molecule has 4 heavy (non-hydrogen) atoms. The smallest absolute Gasteiger partial charge is 1.00 e. The normalized spacial score (nSPS) is 0. The van der Waals surface area contributed by atoms with Crippen LogP contribution in [-0.4, -0.2) is 40.4 Å². The van der Waals surface area contributed by atoms with Gasteiger partial charge in [-0.2, -0.15) is 0 Å². The fraction of sp³-hybridized carbons (Fsp3) is 0. The Balaban J connectivity index is 0. The van der Waals surface area contributed by atoms with E-state index in [1.807, 2.05) is 0 Å². The van der Waals surface area contributed by atoms with Gasteiger partial charge in [0.05, 0.1) is 0 Å². The molecule has 0 bridgehead atoms. The Morgan fingerprint density at radius 2 is 1.25 bits per heavy atom. The largest absolute Gasteiger partial charge is 2.00 e. The molecule has 0 amide bonds. The van der Waals surface area contributed by atoms with E-state index in [2.05, 4.69) is 0 Å². The summed E-state index contributed by atoms with van der Waals surface area (Å²) in [7, 11) is 0. The van der Waals surface area contributed by atoms with E-state index in [0.29, 0.717) is 0 Å². The first-order valence-electron chi connectivity index (χ1n) is 0. The minimum atomic E-state index is 0. The van der Waals surface area contributed by atoms with Crippen LogP contribution in [0.2, 0.25) is 0 Å². The molecular formula is H5AlCoMgNi. The predicted octanol–water partition coefficient (Wildman–Crippen LogP) is -1.34. The molecule has 29 valence electrons. The van der Waals surface area contributed by atoms with E-state index in [0.717, 1.165) is 0 Å². The van der Waals surface area contributed by atoms with Gasteiger partial charge in [0.2, 0.25) is 0 Å². The zero-order chi connectivity index (χ0) is 0. The van der Waals surface area contributed by atoms with Gasteiger partial charge in [-0.05, 0) is 0 Å². The maximum atomic E-state index is 0. The Bertz CT molecular complexity index is 13.5. The standard InChI is InChI=1S/Al.Co.Mg.Ni.5H/q;;+2;;;;;2*-1. The zero-order valence-corrected chi connectivity index (χ0v) is 4.80. The van der Waals surface area contributed by atoms with Gasteiger partial charge >= 0.3 is 23.1 Å². The van der Waals surface area contributed by atoms with Crippen LogP contribution in [0.3, 0.4) is 0 Å². The molecule has 0 nitrogen and oxygen atoms in total. The summed E-state index contributed by atoms with van der Waals surface area (Å²) in [6.45, 7) is 0. The third-order valence-electron chi connectivity index (χ3n) is 0. The first-order valence-corrected chi connectivity index (χ1v) is 0. The Morgan fingerprint density at radius 1 is 1.25 bits per heavy atom. The molecule has 0 unspecified atom stereocenters. The second kappa shape index (κ2) is 18.5. The first kappa shape index (κ1) is 33.5. The molecule has 0 saturated carbocycles.